The number of carboxylic acids is 1. The van der Waals surface area contributed by atoms with E-state index in [0.29, 0.717) is 17.1 Å². The summed E-state index contributed by atoms with van der Waals surface area (Å²) in [6, 6.07) is 3.54. The van der Waals surface area contributed by atoms with Gasteiger partial charge in [-0.25, -0.2) is 9.78 Å². The van der Waals surface area contributed by atoms with Crippen molar-refractivity contribution in [1.82, 2.24) is 9.38 Å². The molecule has 3 N–H and O–H groups in total. The highest BCUT2D eigenvalue weighted by Crippen LogP contribution is 2.33. The van der Waals surface area contributed by atoms with Gasteiger partial charge in [0.1, 0.15) is 11.3 Å². The number of hydrogen-bond acceptors (Lipinski definition) is 4. The summed E-state index contributed by atoms with van der Waals surface area (Å²) >= 11 is 1.94. The van der Waals surface area contributed by atoms with Crippen LogP contribution in [0.2, 0.25) is 0 Å². The molecule has 100 valence electrons. The normalized spacial score (nSPS) is 16.8. The number of anilines is 1. The van der Waals surface area contributed by atoms with Gasteiger partial charge in [0, 0.05) is 12.1 Å². The molecule has 1 aliphatic rings. The number of nitrogen functional groups attached to an aromatic ring is 1. The lowest BCUT2D eigenvalue weighted by molar-refractivity contribution is 0.0693. The van der Waals surface area contributed by atoms with Crippen LogP contribution in [0.3, 0.4) is 0 Å². The molecule has 5 nitrogen and oxygen atoms in total. The number of nitrogens with zero attached hydrogens (tertiary/aromatic N) is 2. The molecule has 0 amide bonds. The molecule has 2 aromatic rings. The van der Waals surface area contributed by atoms with E-state index >= 15 is 0 Å². The molecular formula is C13H15N3O2S. The first-order valence-electron chi connectivity index (χ1n) is 6.26. The predicted molar refractivity (Wildman–Crippen MR) is 75.9 cm³/mol. The van der Waals surface area contributed by atoms with Gasteiger partial charge in [0.15, 0.2) is 5.69 Å². The summed E-state index contributed by atoms with van der Waals surface area (Å²) in [5.74, 6) is 2.34. The predicted octanol–water partition coefficient (Wildman–Crippen LogP) is 2.23. The van der Waals surface area contributed by atoms with Crippen molar-refractivity contribution in [2.24, 2.45) is 0 Å². The SMILES string of the molecule is Nc1cccn2c(C3CCSCC3)nc(C(=O)O)c12. The molecule has 0 radical (unpaired) electrons. The van der Waals surface area contributed by atoms with Crippen molar-refractivity contribution in [1.29, 1.82) is 0 Å². The Hall–Kier alpha value is -1.69. The molecule has 1 fully saturated rings. The summed E-state index contributed by atoms with van der Waals surface area (Å²) in [5, 5.41) is 9.28. The average molecular weight is 277 g/mol. The second kappa shape index (κ2) is 4.77. The molecule has 0 atom stereocenters. The quantitative estimate of drug-likeness (QED) is 0.879. The maximum atomic E-state index is 11.3. The molecule has 6 heteroatoms. The van der Waals surface area contributed by atoms with Crippen molar-refractivity contribution in [3.05, 3.63) is 29.8 Å². The Balaban J connectivity index is 2.19. The summed E-state index contributed by atoms with van der Waals surface area (Å²) < 4.78 is 1.85. The van der Waals surface area contributed by atoms with Crippen LogP contribution >= 0.6 is 11.8 Å². The molecule has 0 aliphatic carbocycles. The number of nitrogens with two attached hydrogens (primary N) is 1. The zero-order valence-electron chi connectivity index (χ0n) is 10.4. The Kier molecular flexibility index (Phi) is 3.10. The second-order valence-electron chi connectivity index (χ2n) is 4.69. The lowest BCUT2D eigenvalue weighted by Crippen LogP contribution is -2.11. The summed E-state index contributed by atoms with van der Waals surface area (Å²) in [6.07, 6.45) is 3.93. The monoisotopic (exact) mass is 277 g/mol. The highest BCUT2D eigenvalue weighted by Gasteiger charge is 2.25. The van der Waals surface area contributed by atoms with E-state index in [-0.39, 0.29) is 5.69 Å². The summed E-state index contributed by atoms with van der Waals surface area (Å²) in [4.78, 5) is 15.7. The van der Waals surface area contributed by atoms with E-state index in [1.165, 1.54) is 0 Å². The number of pyridine rings is 1. The van der Waals surface area contributed by atoms with Gasteiger partial charge < -0.3 is 15.2 Å². The van der Waals surface area contributed by atoms with Crippen LogP contribution in [0.5, 0.6) is 0 Å². The van der Waals surface area contributed by atoms with Gasteiger partial charge in [0.25, 0.3) is 0 Å². The third-order valence-electron chi connectivity index (χ3n) is 3.51. The molecule has 0 bridgehead atoms. The number of aromatic nitrogens is 2. The van der Waals surface area contributed by atoms with Crippen molar-refractivity contribution in [3.8, 4) is 0 Å². The molecule has 0 aromatic carbocycles. The minimum absolute atomic E-state index is 0.0614. The fraction of sp³-hybridized carbons (Fsp3) is 0.385. The molecule has 19 heavy (non-hydrogen) atoms. The number of carboxylic acid groups (broad SMARTS) is 1. The topological polar surface area (TPSA) is 80.6 Å². The van der Waals surface area contributed by atoms with Gasteiger partial charge in [-0.3, -0.25) is 0 Å². The number of carbonyl (C=O) groups is 1. The van der Waals surface area contributed by atoms with Crippen molar-refractivity contribution < 1.29 is 9.90 Å². The second-order valence-corrected chi connectivity index (χ2v) is 5.92. The Labute approximate surface area is 114 Å². The summed E-state index contributed by atoms with van der Waals surface area (Å²) in [5.41, 5.74) is 6.95. The van der Waals surface area contributed by atoms with E-state index in [1.807, 2.05) is 28.4 Å². The maximum absolute atomic E-state index is 11.3. The maximum Gasteiger partial charge on any atom is 0.356 e. The van der Waals surface area contributed by atoms with Gasteiger partial charge in [-0.1, -0.05) is 0 Å². The van der Waals surface area contributed by atoms with Gasteiger partial charge in [0.2, 0.25) is 0 Å². The van der Waals surface area contributed by atoms with Crippen LogP contribution in [0.15, 0.2) is 18.3 Å². The first-order chi connectivity index (χ1) is 9.18. The fourth-order valence-corrected chi connectivity index (χ4v) is 3.69. The Morgan fingerprint density at radius 3 is 2.89 bits per heavy atom. The van der Waals surface area contributed by atoms with Gasteiger partial charge in [-0.05, 0) is 36.5 Å². The minimum atomic E-state index is -1.02. The molecule has 3 heterocycles. The Morgan fingerprint density at radius 1 is 1.47 bits per heavy atom. The fourth-order valence-electron chi connectivity index (χ4n) is 2.58. The molecular weight excluding hydrogens is 262 g/mol. The van der Waals surface area contributed by atoms with E-state index in [9.17, 15) is 9.90 Å². The van der Waals surface area contributed by atoms with E-state index in [4.69, 9.17) is 5.73 Å². The van der Waals surface area contributed by atoms with Crippen molar-refractivity contribution >= 4 is 28.9 Å². The molecule has 2 aromatic heterocycles. The molecule has 0 spiro atoms. The average Bonchev–Trinajstić information content (AvgIpc) is 2.81. The van der Waals surface area contributed by atoms with Gasteiger partial charge in [-0.2, -0.15) is 11.8 Å². The smallest absolute Gasteiger partial charge is 0.356 e. The number of rotatable bonds is 2. The van der Waals surface area contributed by atoms with Crippen LogP contribution in [-0.4, -0.2) is 32.0 Å². The molecule has 0 unspecified atom stereocenters. The van der Waals surface area contributed by atoms with Crippen LogP contribution in [0.4, 0.5) is 5.69 Å². The molecule has 1 saturated heterocycles. The number of thioether (sulfide) groups is 1. The van der Waals surface area contributed by atoms with Gasteiger partial charge in [-0.15, -0.1) is 0 Å². The lowest BCUT2D eigenvalue weighted by Gasteiger charge is -2.20. The van der Waals surface area contributed by atoms with Gasteiger partial charge >= 0.3 is 5.97 Å². The number of hydrogen-bond donors (Lipinski definition) is 2. The number of aromatic carboxylic acids is 1. The molecule has 1 aliphatic heterocycles. The van der Waals surface area contributed by atoms with E-state index in [1.54, 1.807) is 6.07 Å². The van der Waals surface area contributed by atoms with Crippen LogP contribution in [0.1, 0.15) is 35.1 Å². The van der Waals surface area contributed by atoms with Crippen molar-refractivity contribution in [2.45, 2.75) is 18.8 Å². The lowest BCUT2D eigenvalue weighted by atomic mass is 10.0. The van der Waals surface area contributed by atoms with Crippen LogP contribution < -0.4 is 5.73 Å². The van der Waals surface area contributed by atoms with Gasteiger partial charge in [0.05, 0.1) is 5.69 Å². The van der Waals surface area contributed by atoms with Crippen LogP contribution in [0.25, 0.3) is 5.52 Å². The Bertz CT molecular complexity index is 632. The summed E-state index contributed by atoms with van der Waals surface area (Å²) in [6.45, 7) is 0. The van der Waals surface area contributed by atoms with Crippen LogP contribution in [-0.2, 0) is 0 Å². The number of imidazole rings is 1. The first kappa shape index (κ1) is 12.3. The van der Waals surface area contributed by atoms with E-state index in [2.05, 4.69) is 4.98 Å². The minimum Gasteiger partial charge on any atom is -0.476 e. The van der Waals surface area contributed by atoms with Crippen molar-refractivity contribution in [3.63, 3.8) is 0 Å². The zero-order valence-corrected chi connectivity index (χ0v) is 11.2. The Morgan fingerprint density at radius 2 is 2.21 bits per heavy atom. The first-order valence-corrected chi connectivity index (χ1v) is 7.41. The summed E-state index contributed by atoms with van der Waals surface area (Å²) in [7, 11) is 0. The van der Waals surface area contributed by atoms with Crippen LogP contribution in [0, 0.1) is 0 Å². The standard InChI is InChI=1S/C13H15N3O2S/c14-9-2-1-5-16-11(9)10(13(17)18)15-12(16)8-3-6-19-7-4-8/h1-2,5,8H,3-4,6-7,14H2,(H,17,18). The molecule has 0 saturated carbocycles. The third kappa shape index (κ3) is 2.06. The van der Waals surface area contributed by atoms with E-state index < -0.39 is 5.97 Å². The highest BCUT2D eigenvalue weighted by molar-refractivity contribution is 7.99. The molecule has 3 rings (SSSR count). The number of fused-ring (bicyclic) bond motifs is 1. The zero-order chi connectivity index (χ0) is 13.4. The van der Waals surface area contributed by atoms with E-state index in [0.717, 1.165) is 30.2 Å². The highest BCUT2D eigenvalue weighted by atomic mass is 32.2. The largest absolute Gasteiger partial charge is 0.476 e. The van der Waals surface area contributed by atoms with Crippen molar-refractivity contribution in [2.75, 3.05) is 17.2 Å². The third-order valence-corrected chi connectivity index (χ3v) is 4.56.